The van der Waals surface area contributed by atoms with Crippen LogP contribution < -0.4 is 5.32 Å². The Kier molecular flexibility index (Phi) is 4.83. The summed E-state index contributed by atoms with van der Waals surface area (Å²) in [4.78, 5) is 0. The minimum Gasteiger partial charge on any atom is -0.305 e. The van der Waals surface area contributed by atoms with E-state index in [1.165, 1.54) is 6.07 Å². The lowest BCUT2D eigenvalue weighted by molar-refractivity contribution is 0.476. The van der Waals surface area contributed by atoms with Crippen LogP contribution in [0, 0.1) is 0 Å². The average Bonchev–Trinajstić information content (AvgIpc) is 3.16. The Morgan fingerprint density at radius 1 is 1.12 bits per heavy atom. The van der Waals surface area contributed by atoms with Crippen LogP contribution >= 0.6 is 11.3 Å². The molecule has 130 valence electrons. The first-order valence-electron chi connectivity index (χ1n) is 7.58. The van der Waals surface area contributed by atoms with Gasteiger partial charge in [-0.05, 0) is 23.9 Å². The molecule has 2 aromatic rings. The Morgan fingerprint density at radius 3 is 2.46 bits per heavy atom. The van der Waals surface area contributed by atoms with Gasteiger partial charge >= 0.3 is 0 Å². The van der Waals surface area contributed by atoms with Crippen molar-refractivity contribution in [3.05, 3.63) is 53.4 Å². The molecule has 1 aromatic heterocycles. The van der Waals surface area contributed by atoms with E-state index in [1.807, 2.05) is 37.3 Å². The summed E-state index contributed by atoms with van der Waals surface area (Å²) in [7, 11) is -7.05. The molecular weight excluding hydrogens is 366 g/mol. The summed E-state index contributed by atoms with van der Waals surface area (Å²) in [5.41, 5.74) is 0.995. The predicted molar refractivity (Wildman–Crippen MR) is 95.7 cm³/mol. The molecule has 1 unspecified atom stereocenters. The Bertz CT molecular complexity index is 890. The van der Waals surface area contributed by atoms with Crippen LogP contribution in [0.3, 0.4) is 0 Å². The summed E-state index contributed by atoms with van der Waals surface area (Å²) in [6, 6.07) is 12.0. The number of sulfone groups is 2. The van der Waals surface area contributed by atoms with Gasteiger partial charge in [0.2, 0.25) is 0 Å². The molecular formula is C16H19NO4S3. The molecule has 1 saturated heterocycles. The van der Waals surface area contributed by atoms with E-state index in [-0.39, 0.29) is 21.8 Å². The van der Waals surface area contributed by atoms with Gasteiger partial charge < -0.3 is 5.32 Å². The molecule has 0 saturated carbocycles. The predicted octanol–water partition coefficient (Wildman–Crippen LogP) is 2.04. The minimum atomic E-state index is -3.67. The molecule has 8 heteroatoms. The van der Waals surface area contributed by atoms with Gasteiger partial charge in [0.1, 0.15) is 4.21 Å². The van der Waals surface area contributed by atoms with Crippen LogP contribution in [-0.4, -0.2) is 39.6 Å². The van der Waals surface area contributed by atoms with Gasteiger partial charge in [-0.3, -0.25) is 0 Å². The molecule has 0 radical (unpaired) electrons. The van der Waals surface area contributed by atoms with Crippen molar-refractivity contribution in [3.63, 3.8) is 0 Å². The van der Waals surface area contributed by atoms with Crippen LogP contribution in [0.1, 0.15) is 18.5 Å². The number of hydrogen-bond donors (Lipinski definition) is 1. The zero-order chi connectivity index (χ0) is 17.4. The maximum Gasteiger partial charge on any atom is 0.193 e. The fraction of sp³-hybridized carbons (Fsp3) is 0.375. The molecule has 24 heavy (non-hydrogen) atoms. The molecule has 0 spiro atoms. The minimum absolute atomic E-state index is 0.134. The van der Waals surface area contributed by atoms with Crippen molar-refractivity contribution in [2.75, 3.05) is 11.5 Å². The van der Waals surface area contributed by atoms with E-state index in [0.29, 0.717) is 0 Å². The first kappa shape index (κ1) is 17.6. The van der Waals surface area contributed by atoms with Crippen molar-refractivity contribution in [2.45, 2.75) is 28.5 Å². The standard InChI is InChI=1S/C16H19NO4S3/c1-12(13-6-3-2-4-7-13)17-14-10-23(18,19)11-15(14)24(20,21)16-8-5-9-22-16/h2-9,12,14-15,17H,10-11H2,1H3/t12?,14-,15-/m0/s1. The van der Waals surface area contributed by atoms with Crippen molar-refractivity contribution < 1.29 is 16.8 Å². The Labute approximate surface area is 146 Å². The monoisotopic (exact) mass is 385 g/mol. The normalized spacial score (nSPS) is 24.7. The Hall–Kier alpha value is -1.22. The number of thiophene rings is 1. The molecule has 1 aliphatic heterocycles. The number of benzene rings is 1. The highest BCUT2D eigenvalue weighted by Crippen LogP contribution is 2.29. The fourth-order valence-electron chi connectivity index (χ4n) is 3.01. The number of nitrogens with one attached hydrogen (secondary N) is 1. The van der Waals surface area contributed by atoms with Crippen molar-refractivity contribution in [1.29, 1.82) is 0 Å². The molecule has 5 nitrogen and oxygen atoms in total. The molecule has 3 rings (SSSR count). The van der Waals surface area contributed by atoms with E-state index in [9.17, 15) is 16.8 Å². The van der Waals surface area contributed by atoms with Gasteiger partial charge in [0.25, 0.3) is 0 Å². The van der Waals surface area contributed by atoms with Crippen LogP contribution in [0.5, 0.6) is 0 Å². The largest absolute Gasteiger partial charge is 0.305 e. The molecule has 1 fully saturated rings. The molecule has 2 heterocycles. The van der Waals surface area contributed by atoms with Gasteiger partial charge in [0, 0.05) is 12.1 Å². The van der Waals surface area contributed by atoms with Gasteiger partial charge in [0.15, 0.2) is 19.7 Å². The number of hydrogen-bond acceptors (Lipinski definition) is 6. The van der Waals surface area contributed by atoms with Gasteiger partial charge in [-0.1, -0.05) is 36.4 Å². The molecule has 1 aliphatic rings. The Morgan fingerprint density at radius 2 is 1.83 bits per heavy atom. The maximum absolute atomic E-state index is 12.8. The zero-order valence-electron chi connectivity index (χ0n) is 13.1. The van der Waals surface area contributed by atoms with E-state index < -0.39 is 31.0 Å². The molecule has 1 aromatic carbocycles. The fourth-order valence-corrected chi connectivity index (χ4v) is 8.91. The van der Waals surface area contributed by atoms with E-state index in [1.54, 1.807) is 11.4 Å². The first-order valence-corrected chi connectivity index (χ1v) is 11.8. The second-order valence-corrected chi connectivity index (χ2v) is 11.5. The van der Waals surface area contributed by atoms with Gasteiger partial charge in [-0.15, -0.1) is 11.3 Å². The molecule has 0 bridgehead atoms. The van der Waals surface area contributed by atoms with Crippen LogP contribution in [0.25, 0.3) is 0 Å². The SMILES string of the molecule is CC(N[C@H]1CS(=O)(=O)C[C@@H]1S(=O)(=O)c1cccs1)c1ccccc1. The summed E-state index contributed by atoms with van der Waals surface area (Å²) in [5.74, 6) is -0.480. The van der Waals surface area contributed by atoms with Gasteiger partial charge in [-0.25, -0.2) is 16.8 Å². The van der Waals surface area contributed by atoms with Gasteiger partial charge in [-0.2, -0.15) is 0 Å². The zero-order valence-corrected chi connectivity index (χ0v) is 15.6. The maximum atomic E-state index is 12.8. The second-order valence-electron chi connectivity index (χ2n) is 6.00. The number of rotatable bonds is 5. The molecule has 1 N–H and O–H groups in total. The highest BCUT2D eigenvalue weighted by molar-refractivity contribution is 7.97. The lowest BCUT2D eigenvalue weighted by Gasteiger charge is -2.23. The van der Waals surface area contributed by atoms with Crippen LogP contribution in [-0.2, 0) is 19.7 Å². The molecule has 3 atom stereocenters. The van der Waals surface area contributed by atoms with Crippen LogP contribution in [0.4, 0.5) is 0 Å². The van der Waals surface area contributed by atoms with Crippen molar-refractivity contribution in [2.24, 2.45) is 0 Å². The summed E-state index contributed by atoms with van der Waals surface area (Å²) in [5, 5.41) is 3.95. The van der Waals surface area contributed by atoms with Crippen molar-refractivity contribution >= 4 is 31.0 Å². The third-order valence-corrected chi connectivity index (χ3v) is 9.82. The van der Waals surface area contributed by atoms with Crippen LogP contribution in [0.15, 0.2) is 52.1 Å². The third kappa shape index (κ3) is 3.56. The lowest BCUT2D eigenvalue weighted by Crippen LogP contribution is -2.44. The van der Waals surface area contributed by atoms with E-state index in [4.69, 9.17) is 0 Å². The Balaban J connectivity index is 1.88. The van der Waals surface area contributed by atoms with Crippen LogP contribution in [0.2, 0.25) is 0 Å². The second kappa shape index (κ2) is 6.59. The molecule has 0 amide bonds. The van der Waals surface area contributed by atoms with E-state index >= 15 is 0 Å². The highest BCUT2D eigenvalue weighted by atomic mass is 32.2. The van der Waals surface area contributed by atoms with E-state index in [2.05, 4.69) is 5.32 Å². The summed E-state index contributed by atoms with van der Waals surface area (Å²) in [6.45, 7) is 1.91. The molecule has 0 aliphatic carbocycles. The van der Waals surface area contributed by atoms with Crippen molar-refractivity contribution in [3.8, 4) is 0 Å². The average molecular weight is 386 g/mol. The topological polar surface area (TPSA) is 80.3 Å². The highest BCUT2D eigenvalue weighted by Gasteiger charge is 2.46. The van der Waals surface area contributed by atoms with Gasteiger partial charge in [0.05, 0.1) is 16.8 Å². The lowest BCUT2D eigenvalue weighted by atomic mass is 10.1. The quantitative estimate of drug-likeness (QED) is 0.852. The summed E-state index contributed by atoms with van der Waals surface area (Å²) < 4.78 is 50.0. The van der Waals surface area contributed by atoms with Crippen molar-refractivity contribution in [1.82, 2.24) is 5.32 Å². The third-order valence-electron chi connectivity index (χ3n) is 4.24. The summed E-state index contributed by atoms with van der Waals surface area (Å²) in [6.07, 6.45) is 0. The first-order chi connectivity index (χ1) is 11.3. The van der Waals surface area contributed by atoms with E-state index in [0.717, 1.165) is 16.9 Å². The smallest absolute Gasteiger partial charge is 0.193 e. The summed E-state index contributed by atoms with van der Waals surface area (Å²) >= 11 is 1.12.